The Hall–Kier alpha value is -3.72. The molecule has 5 rings (SSSR count). The molecule has 1 saturated heterocycles. The van der Waals surface area contributed by atoms with Gasteiger partial charge in [0.2, 0.25) is 5.91 Å². The van der Waals surface area contributed by atoms with Crippen molar-refractivity contribution in [2.75, 3.05) is 57.8 Å². The molecule has 2 aromatic rings. The fraction of sp³-hybridized carbons (Fsp3) is 0.370. The summed E-state index contributed by atoms with van der Waals surface area (Å²) in [4.78, 5) is 46.3. The maximum absolute atomic E-state index is 13.5. The van der Waals surface area contributed by atoms with Gasteiger partial charge in [-0.2, -0.15) is 0 Å². The molecule has 1 fully saturated rings. The van der Waals surface area contributed by atoms with Crippen LogP contribution in [0.2, 0.25) is 5.02 Å². The van der Waals surface area contributed by atoms with Crippen LogP contribution in [0, 0.1) is 0 Å². The molecule has 0 saturated carbocycles. The van der Waals surface area contributed by atoms with E-state index in [1.54, 1.807) is 30.1 Å². The second kappa shape index (κ2) is 10.3. The largest absolute Gasteiger partial charge is 0.492 e. The predicted octanol–water partition coefficient (Wildman–Crippen LogP) is 2.88. The van der Waals surface area contributed by atoms with Crippen LogP contribution in [0.4, 0.5) is 10.5 Å². The number of nitrogens with zero attached hydrogens (tertiary/aromatic N) is 4. The van der Waals surface area contributed by atoms with Gasteiger partial charge in [0, 0.05) is 38.2 Å². The van der Waals surface area contributed by atoms with Gasteiger partial charge in [-0.3, -0.25) is 14.5 Å². The fourth-order valence-electron chi connectivity index (χ4n) is 5.15. The summed E-state index contributed by atoms with van der Waals surface area (Å²) in [5, 5.41) is 3.35. The van der Waals surface area contributed by atoms with Gasteiger partial charge >= 0.3 is 6.03 Å². The Bertz CT molecular complexity index is 1260. The fourth-order valence-corrected chi connectivity index (χ4v) is 5.39. The van der Waals surface area contributed by atoms with Crippen LogP contribution in [-0.4, -0.2) is 85.5 Å². The topological polar surface area (TPSA) is 85.4 Å². The van der Waals surface area contributed by atoms with E-state index in [2.05, 4.69) is 10.2 Å². The van der Waals surface area contributed by atoms with Gasteiger partial charge in [0.15, 0.2) is 0 Å². The molecule has 0 aliphatic carbocycles. The molecule has 3 aliphatic heterocycles. The minimum atomic E-state index is -0.658. The quantitative estimate of drug-likeness (QED) is 0.629. The number of hydrogen-bond acceptors (Lipinski definition) is 5. The van der Waals surface area contributed by atoms with Gasteiger partial charge in [-0.1, -0.05) is 41.9 Å². The maximum atomic E-state index is 13.5. The molecule has 4 amide bonds. The lowest BCUT2D eigenvalue weighted by Gasteiger charge is -2.37. The first-order valence-electron chi connectivity index (χ1n) is 12.4. The number of benzene rings is 2. The lowest BCUT2D eigenvalue weighted by atomic mass is 9.96. The van der Waals surface area contributed by atoms with Crippen molar-refractivity contribution in [3.05, 3.63) is 70.4 Å². The molecule has 2 aromatic carbocycles. The smallest absolute Gasteiger partial charge is 0.322 e. The lowest BCUT2D eigenvalue weighted by molar-refractivity contribution is -0.137. The molecular weight excluding hydrogens is 494 g/mol. The van der Waals surface area contributed by atoms with E-state index in [-0.39, 0.29) is 30.9 Å². The molecule has 0 bridgehead atoms. The van der Waals surface area contributed by atoms with Gasteiger partial charge in [0.1, 0.15) is 12.3 Å². The van der Waals surface area contributed by atoms with Crippen molar-refractivity contribution in [3.63, 3.8) is 0 Å². The van der Waals surface area contributed by atoms with Crippen molar-refractivity contribution >= 4 is 35.1 Å². The summed E-state index contributed by atoms with van der Waals surface area (Å²) in [6.07, 6.45) is 0. The van der Waals surface area contributed by atoms with Gasteiger partial charge in [0.05, 0.1) is 36.2 Å². The highest BCUT2D eigenvalue weighted by molar-refractivity contribution is 6.31. The van der Waals surface area contributed by atoms with Gasteiger partial charge in [-0.25, -0.2) is 4.79 Å². The first-order chi connectivity index (χ1) is 17.9. The molecule has 10 heteroatoms. The third-order valence-corrected chi connectivity index (χ3v) is 7.46. The summed E-state index contributed by atoms with van der Waals surface area (Å²) in [6, 6.07) is 14.1. The third-order valence-electron chi connectivity index (χ3n) is 7.12. The number of urea groups is 1. The van der Waals surface area contributed by atoms with E-state index >= 15 is 0 Å². The number of ether oxygens (including phenoxy) is 1. The molecule has 1 N–H and O–H groups in total. The molecule has 1 atom stereocenters. The summed E-state index contributed by atoms with van der Waals surface area (Å²) in [5.74, 6) is 0.469. The van der Waals surface area contributed by atoms with Crippen molar-refractivity contribution in [1.82, 2.24) is 20.0 Å². The molecule has 37 heavy (non-hydrogen) atoms. The number of rotatable bonds is 6. The minimum Gasteiger partial charge on any atom is -0.492 e. The number of carbonyl (C=O) groups is 3. The molecule has 0 radical (unpaired) electrons. The standard InChI is InChI=1S/C27H30ClN5O4/c1-3-37-22-11-7-6-10-20(22)31-12-14-32(15-13-31)23(34)17-33-16-21-24(26(33)35)25(29-27(36)30(21)2)18-8-4-5-9-19(18)28/h4-11,25H,3,12-17H2,1-2H3,(H,29,36)/t25-/m0/s1. The molecule has 3 aliphatic rings. The maximum Gasteiger partial charge on any atom is 0.322 e. The second-order valence-electron chi connectivity index (χ2n) is 9.25. The Morgan fingerprint density at radius 2 is 1.76 bits per heavy atom. The first kappa shape index (κ1) is 25.0. The van der Waals surface area contributed by atoms with Crippen molar-refractivity contribution in [3.8, 4) is 5.75 Å². The SMILES string of the molecule is CCOc1ccccc1N1CCN(C(=O)CN2CC3=C(C2=O)[C@H](c2ccccc2Cl)NC(=O)N3C)CC1. The van der Waals surface area contributed by atoms with Crippen molar-refractivity contribution < 1.29 is 19.1 Å². The van der Waals surface area contributed by atoms with E-state index in [0.717, 1.165) is 11.4 Å². The summed E-state index contributed by atoms with van der Waals surface area (Å²) in [7, 11) is 1.63. The Labute approximate surface area is 221 Å². The van der Waals surface area contributed by atoms with E-state index in [1.165, 1.54) is 9.80 Å². The second-order valence-corrected chi connectivity index (χ2v) is 9.66. The highest BCUT2D eigenvalue weighted by atomic mass is 35.5. The van der Waals surface area contributed by atoms with Crippen LogP contribution in [0.5, 0.6) is 5.75 Å². The summed E-state index contributed by atoms with van der Waals surface area (Å²) in [6.45, 7) is 5.16. The number of para-hydroxylation sites is 2. The van der Waals surface area contributed by atoms with E-state index in [4.69, 9.17) is 16.3 Å². The number of likely N-dealkylation sites (N-methyl/N-ethyl adjacent to an activating group) is 1. The van der Waals surface area contributed by atoms with Crippen LogP contribution >= 0.6 is 11.6 Å². The van der Waals surface area contributed by atoms with Crippen molar-refractivity contribution in [1.29, 1.82) is 0 Å². The zero-order chi connectivity index (χ0) is 26.1. The number of anilines is 1. The van der Waals surface area contributed by atoms with Crippen LogP contribution in [-0.2, 0) is 9.59 Å². The van der Waals surface area contributed by atoms with Gasteiger partial charge in [0.25, 0.3) is 5.91 Å². The highest BCUT2D eigenvalue weighted by Gasteiger charge is 2.44. The van der Waals surface area contributed by atoms with Gasteiger partial charge in [-0.15, -0.1) is 0 Å². The van der Waals surface area contributed by atoms with Crippen LogP contribution in [0.1, 0.15) is 18.5 Å². The average molecular weight is 524 g/mol. The Balaban J connectivity index is 1.26. The highest BCUT2D eigenvalue weighted by Crippen LogP contribution is 2.38. The third kappa shape index (κ3) is 4.71. The average Bonchev–Trinajstić information content (AvgIpc) is 3.23. The Morgan fingerprint density at radius 3 is 2.49 bits per heavy atom. The van der Waals surface area contributed by atoms with Crippen LogP contribution in [0.3, 0.4) is 0 Å². The zero-order valence-electron chi connectivity index (χ0n) is 20.9. The van der Waals surface area contributed by atoms with Crippen molar-refractivity contribution in [2.24, 2.45) is 0 Å². The molecular formula is C27H30ClN5O4. The van der Waals surface area contributed by atoms with Crippen LogP contribution in [0.25, 0.3) is 0 Å². The summed E-state index contributed by atoms with van der Waals surface area (Å²) >= 11 is 6.40. The molecule has 3 heterocycles. The predicted molar refractivity (Wildman–Crippen MR) is 140 cm³/mol. The van der Waals surface area contributed by atoms with E-state index < -0.39 is 6.04 Å². The normalized spacial score (nSPS) is 19.8. The number of amides is 4. The molecule has 0 spiro atoms. The minimum absolute atomic E-state index is 0.0430. The zero-order valence-corrected chi connectivity index (χ0v) is 21.7. The van der Waals surface area contributed by atoms with Crippen LogP contribution < -0.4 is 15.0 Å². The molecule has 194 valence electrons. The first-order valence-corrected chi connectivity index (χ1v) is 12.8. The van der Waals surface area contributed by atoms with E-state index in [0.29, 0.717) is 54.6 Å². The van der Waals surface area contributed by atoms with Gasteiger partial charge < -0.3 is 24.8 Å². The number of halogens is 1. The summed E-state index contributed by atoms with van der Waals surface area (Å²) in [5.41, 5.74) is 2.74. The number of carbonyl (C=O) groups excluding carboxylic acids is 3. The summed E-state index contributed by atoms with van der Waals surface area (Å²) < 4.78 is 5.76. The number of nitrogens with one attached hydrogen (secondary N) is 1. The Kier molecular flexibility index (Phi) is 6.97. The lowest BCUT2D eigenvalue weighted by Crippen LogP contribution is -2.51. The molecule has 0 aromatic heterocycles. The monoisotopic (exact) mass is 523 g/mol. The molecule has 9 nitrogen and oxygen atoms in total. The Morgan fingerprint density at radius 1 is 1.05 bits per heavy atom. The van der Waals surface area contributed by atoms with E-state index in [9.17, 15) is 14.4 Å². The number of piperazine rings is 1. The molecule has 0 unspecified atom stereocenters. The van der Waals surface area contributed by atoms with E-state index in [1.807, 2.05) is 37.3 Å². The van der Waals surface area contributed by atoms with Crippen molar-refractivity contribution in [2.45, 2.75) is 13.0 Å². The number of hydrogen-bond donors (Lipinski definition) is 1. The van der Waals surface area contributed by atoms with Gasteiger partial charge in [-0.05, 0) is 30.7 Å². The van der Waals surface area contributed by atoms with Crippen LogP contribution in [0.15, 0.2) is 59.8 Å².